The first-order valence-electron chi connectivity index (χ1n) is 11.2. The molecule has 4 aromatic rings. The van der Waals surface area contributed by atoms with Crippen molar-refractivity contribution in [1.82, 2.24) is 0 Å². The van der Waals surface area contributed by atoms with Gasteiger partial charge in [-0.25, -0.2) is 0 Å². The summed E-state index contributed by atoms with van der Waals surface area (Å²) in [5.74, 6) is 0.383. The monoisotopic (exact) mass is 470 g/mol. The van der Waals surface area contributed by atoms with Crippen LogP contribution in [-0.2, 0) is 5.41 Å². The van der Waals surface area contributed by atoms with Crippen LogP contribution in [-0.4, -0.2) is 5.11 Å². The largest absolute Gasteiger partial charge is 0.507 e. The molecule has 4 aromatic carbocycles. The first-order valence-corrected chi connectivity index (χ1v) is 12.0. The highest BCUT2D eigenvalue weighted by Gasteiger charge is 2.43. The number of halogens is 1. The van der Waals surface area contributed by atoms with E-state index >= 15 is 0 Å². The van der Waals surface area contributed by atoms with Crippen molar-refractivity contribution in [1.29, 1.82) is 0 Å². The van der Waals surface area contributed by atoms with Gasteiger partial charge in [0.15, 0.2) is 0 Å². The van der Waals surface area contributed by atoms with Crippen molar-refractivity contribution in [2.75, 3.05) is 0 Å². The Kier molecular flexibility index (Phi) is 5.14. The fraction of sp³-hybridized carbons (Fsp3) is 0.241. The van der Waals surface area contributed by atoms with Gasteiger partial charge in [0, 0.05) is 15.3 Å². The number of fused-ring (bicyclic) bond motifs is 5. The predicted octanol–water partition coefficient (Wildman–Crippen LogP) is 8.84. The Morgan fingerprint density at radius 2 is 1.48 bits per heavy atom. The average Bonchev–Trinajstić information content (AvgIpc) is 3.04. The van der Waals surface area contributed by atoms with Crippen LogP contribution >= 0.6 is 15.9 Å². The molecule has 0 atom stereocenters. The lowest BCUT2D eigenvalue weighted by molar-refractivity contribution is 0.431. The molecule has 0 bridgehead atoms. The van der Waals surface area contributed by atoms with Crippen molar-refractivity contribution >= 4 is 26.7 Å². The quantitative estimate of drug-likeness (QED) is 0.308. The second-order valence-corrected chi connectivity index (χ2v) is 9.63. The van der Waals surface area contributed by atoms with Gasteiger partial charge in [0.2, 0.25) is 0 Å². The minimum Gasteiger partial charge on any atom is -0.507 e. The van der Waals surface area contributed by atoms with Crippen LogP contribution in [0.15, 0.2) is 77.3 Å². The Morgan fingerprint density at radius 3 is 2.19 bits per heavy atom. The summed E-state index contributed by atoms with van der Waals surface area (Å²) in [6.45, 7) is 4.54. The second-order valence-electron chi connectivity index (χ2n) is 8.72. The summed E-state index contributed by atoms with van der Waals surface area (Å²) in [4.78, 5) is 0. The van der Waals surface area contributed by atoms with E-state index in [1.165, 1.54) is 33.4 Å². The number of hydrogen-bond acceptors (Lipinski definition) is 1. The summed E-state index contributed by atoms with van der Waals surface area (Å²) in [6, 6.07) is 25.9. The average molecular weight is 471 g/mol. The standard InChI is InChI=1S/C29H27BrO/c1-3-14-29(15-4-2)25-16-20(19-8-6-5-7-9-19)10-12-23(25)28-24-17-21(30)11-13-22(24)27(31)18-26(28)29/h5-13,16-18,31H,3-4,14-15H2,1-2H3. The van der Waals surface area contributed by atoms with E-state index in [2.05, 4.69) is 90.4 Å². The molecule has 5 rings (SSSR count). The molecule has 2 heteroatoms. The van der Waals surface area contributed by atoms with Crippen LogP contribution < -0.4 is 0 Å². The van der Waals surface area contributed by atoms with Gasteiger partial charge in [0.1, 0.15) is 5.75 Å². The normalized spacial score (nSPS) is 13.9. The number of rotatable bonds is 5. The van der Waals surface area contributed by atoms with Gasteiger partial charge in [-0.2, -0.15) is 0 Å². The van der Waals surface area contributed by atoms with Crippen molar-refractivity contribution in [3.63, 3.8) is 0 Å². The highest BCUT2D eigenvalue weighted by molar-refractivity contribution is 9.10. The maximum atomic E-state index is 11.0. The van der Waals surface area contributed by atoms with Crippen molar-refractivity contribution in [3.8, 4) is 28.0 Å². The smallest absolute Gasteiger partial charge is 0.123 e. The SMILES string of the molecule is CCCC1(CCC)c2cc(-c3ccccc3)ccc2-c2c1cc(O)c1ccc(Br)cc21. The molecule has 0 radical (unpaired) electrons. The Morgan fingerprint density at radius 1 is 0.742 bits per heavy atom. The van der Waals surface area contributed by atoms with E-state index in [4.69, 9.17) is 0 Å². The highest BCUT2D eigenvalue weighted by atomic mass is 79.9. The topological polar surface area (TPSA) is 20.2 Å². The molecule has 0 spiro atoms. The zero-order valence-corrected chi connectivity index (χ0v) is 19.7. The van der Waals surface area contributed by atoms with Crippen molar-refractivity contribution in [2.45, 2.75) is 44.9 Å². The zero-order valence-electron chi connectivity index (χ0n) is 18.1. The molecule has 156 valence electrons. The third-order valence-electron chi connectivity index (χ3n) is 6.86. The van der Waals surface area contributed by atoms with E-state index in [-0.39, 0.29) is 5.41 Å². The number of aromatic hydroxyl groups is 1. The van der Waals surface area contributed by atoms with Crippen LogP contribution in [0.1, 0.15) is 50.7 Å². The first-order chi connectivity index (χ1) is 15.1. The van der Waals surface area contributed by atoms with Crippen molar-refractivity contribution in [2.24, 2.45) is 0 Å². The summed E-state index contributed by atoms with van der Waals surface area (Å²) < 4.78 is 1.04. The Bertz CT molecular complexity index is 1270. The van der Waals surface area contributed by atoms with E-state index in [9.17, 15) is 5.11 Å². The number of benzene rings is 4. The molecule has 0 amide bonds. The highest BCUT2D eigenvalue weighted by Crippen LogP contribution is 2.57. The van der Waals surface area contributed by atoms with E-state index in [1.54, 1.807) is 0 Å². The maximum Gasteiger partial charge on any atom is 0.123 e. The maximum absolute atomic E-state index is 11.0. The Balaban J connectivity index is 1.87. The van der Waals surface area contributed by atoms with Crippen LogP contribution in [0.4, 0.5) is 0 Å². The summed E-state index contributed by atoms with van der Waals surface area (Å²) >= 11 is 3.66. The molecule has 1 aliphatic carbocycles. The summed E-state index contributed by atoms with van der Waals surface area (Å²) in [7, 11) is 0. The van der Waals surface area contributed by atoms with E-state index in [1.807, 2.05) is 12.1 Å². The fourth-order valence-corrected chi connectivity index (χ4v) is 6.04. The summed E-state index contributed by atoms with van der Waals surface area (Å²) in [5.41, 5.74) is 7.77. The molecule has 1 N–H and O–H groups in total. The second kappa shape index (κ2) is 7.84. The molecule has 0 aromatic heterocycles. The first kappa shape index (κ1) is 20.3. The van der Waals surface area contributed by atoms with Crippen molar-refractivity contribution in [3.05, 3.63) is 88.4 Å². The van der Waals surface area contributed by atoms with Gasteiger partial charge in [-0.15, -0.1) is 0 Å². The minimum absolute atomic E-state index is 0.0626. The Hall–Kier alpha value is -2.58. The Labute approximate surface area is 192 Å². The molecule has 0 fully saturated rings. The molecule has 1 aliphatic rings. The molecule has 0 saturated carbocycles. The van der Waals surface area contributed by atoms with Gasteiger partial charge < -0.3 is 5.11 Å². The lowest BCUT2D eigenvalue weighted by Gasteiger charge is -2.32. The molecule has 0 unspecified atom stereocenters. The third-order valence-corrected chi connectivity index (χ3v) is 7.35. The molecular weight excluding hydrogens is 444 g/mol. The third kappa shape index (κ3) is 3.11. The summed E-state index contributed by atoms with van der Waals surface area (Å²) in [5, 5.41) is 13.0. The van der Waals surface area contributed by atoms with E-state index in [0.29, 0.717) is 5.75 Å². The van der Waals surface area contributed by atoms with Gasteiger partial charge in [0.05, 0.1) is 0 Å². The van der Waals surface area contributed by atoms with Gasteiger partial charge in [-0.05, 0) is 81.9 Å². The molecule has 0 heterocycles. The van der Waals surface area contributed by atoms with Gasteiger partial charge in [-0.1, -0.05) is 85.1 Å². The van der Waals surface area contributed by atoms with Crippen LogP contribution in [0.3, 0.4) is 0 Å². The van der Waals surface area contributed by atoms with Crippen molar-refractivity contribution < 1.29 is 5.11 Å². The molecule has 31 heavy (non-hydrogen) atoms. The predicted molar refractivity (Wildman–Crippen MR) is 135 cm³/mol. The lowest BCUT2D eigenvalue weighted by atomic mass is 9.71. The van der Waals surface area contributed by atoms with Gasteiger partial charge >= 0.3 is 0 Å². The number of phenolic OH excluding ortho intramolecular Hbond substituents is 1. The van der Waals surface area contributed by atoms with Crippen LogP contribution in [0.5, 0.6) is 5.75 Å². The van der Waals surface area contributed by atoms with E-state index < -0.39 is 0 Å². The number of phenols is 1. The van der Waals surface area contributed by atoms with Gasteiger partial charge in [-0.3, -0.25) is 0 Å². The fourth-order valence-electron chi connectivity index (χ4n) is 5.68. The molecule has 0 saturated heterocycles. The van der Waals surface area contributed by atoms with Crippen LogP contribution in [0.2, 0.25) is 0 Å². The minimum atomic E-state index is -0.0626. The summed E-state index contributed by atoms with van der Waals surface area (Å²) in [6.07, 6.45) is 4.37. The van der Waals surface area contributed by atoms with Crippen LogP contribution in [0, 0.1) is 0 Å². The lowest BCUT2D eigenvalue weighted by Crippen LogP contribution is -2.25. The molecular formula is C29H27BrO. The van der Waals surface area contributed by atoms with Crippen LogP contribution in [0.25, 0.3) is 33.0 Å². The number of hydrogen-bond donors (Lipinski definition) is 1. The zero-order chi connectivity index (χ0) is 21.6. The van der Waals surface area contributed by atoms with Gasteiger partial charge in [0.25, 0.3) is 0 Å². The van der Waals surface area contributed by atoms with E-state index in [0.717, 1.165) is 40.9 Å². The molecule has 0 aliphatic heterocycles. The molecule has 1 nitrogen and oxygen atoms in total.